The zero-order chi connectivity index (χ0) is 9.97. The first-order valence-corrected chi connectivity index (χ1v) is 5.73. The van der Waals surface area contributed by atoms with Crippen LogP contribution in [0.3, 0.4) is 0 Å². The predicted octanol–water partition coefficient (Wildman–Crippen LogP) is 2.50. The highest BCUT2D eigenvalue weighted by molar-refractivity contribution is 7.90. The van der Waals surface area contributed by atoms with Crippen LogP contribution >= 0.6 is 0 Å². The Hall–Kier alpha value is -0.930. The van der Waals surface area contributed by atoms with Crippen molar-refractivity contribution in [2.75, 3.05) is 6.61 Å². The summed E-state index contributed by atoms with van der Waals surface area (Å²) in [5.41, 5.74) is 2.16. The summed E-state index contributed by atoms with van der Waals surface area (Å²) < 4.78 is 16.7. The quantitative estimate of drug-likeness (QED) is 0.746. The Morgan fingerprint density at radius 1 is 1.36 bits per heavy atom. The van der Waals surface area contributed by atoms with Crippen molar-refractivity contribution in [1.82, 2.24) is 0 Å². The van der Waals surface area contributed by atoms with Crippen LogP contribution in [0.1, 0.15) is 18.9 Å². The molecule has 0 fully saturated rings. The first-order valence-electron chi connectivity index (χ1n) is 4.65. The first-order chi connectivity index (χ1) is 6.83. The first kappa shape index (κ1) is 9.62. The summed E-state index contributed by atoms with van der Waals surface area (Å²) in [5, 5.41) is 0. The molecule has 1 atom stereocenters. The summed E-state index contributed by atoms with van der Waals surface area (Å²) in [6, 6.07) is 9.79. The average Bonchev–Trinajstić information content (AvgIpc) is 2.61. The molecule has 1 aromatic carbocycles. The molecule has 0 saturated heterocycles. The van der Waals surface area contributed by atoms with Crippen molar-refractivity contribution in [3.63, 3.8) is 0 Å². The fourth-order valence-electron chi connectivity index (χ4n) is 1.52. The molecule has 1 unspecified atom stereocenters. The highest BCUT2D eigenvalue weighted by Crippen LogP contribution is 2.30. The van der Waals surface area contributed by atoms with Crippen molar-refractivity contribution in [3.8, 4) is 0 Å². The molecule has 1 heterocycles. The van der Waals surface area contributed by atoms with Gasteiger partial charge in [-0.2, -0.15) is 0 Å². The molecule has 0 bridgehead atoms. The van der Waals surface area contributed by atoms with E-state index in [0.717, 1.165) is 22.5 Å². The van der Waals surface area contributed by atoms with E-state index in [4.69, 9.17) is 4.18 Å². The van der Waals surface area contributed by atoms with Crippen LogP contribution in [0.25, 0.3) is 4.91 Å². The summed E-state index contributed by atoms with van der Waals surface area (Å²) in [6.07, 6.45) is 0.899. The molecule has 0 aromatic heterocycles. The molecule has 1 aliphatic rings. The number of hydrogen-bond acceptors (Lipinski definition) is 2. The maximum Gasteiger partial charge on any atom is 0.190 e. The van der Waals surface area contributed by atoms with E-state index < -0.39 is 11.1 Å². The molecule has 0 saturated carbocycles. The van der Waals surface area contributed by atoms with Gasteiger partial charge in [0, 0.05) is 0 Å². The van der Waals surface area contributed by atoms with Gasteiger partial charge in [-0.25, -0.2) is 4.21 Å². The summed E-state index contributed by atoms with van der Waals surface area (Å²) in [4.78, 5) is 0.869. The second kappa shape index (κ2) is 4.07. The molecule has 0 spiro atoms. The van der Waals surface area contributed by atoms with E-state index in [2.05, 4.69) is 6.92 Å². The normalized spacial score (nSPS) is 21.6. The summed E-state index contributed by atoms with van der Waals surface area (Å²) in [5.74, 6) is 0. The topological polar surface area (TPSA) is 26.3 Å². The van der Waals surface area contributed by atoms with Gasteiger partial charge in [-0.3, -0.25) is 4.18 Å². The number of benzene rings is 1. The van der Waals surface area contributed by atoms with Crippen LogP contribution in [0.4, 0.5) is 0 Å². The highest BCUT2D eigenvalue weighted by Gasteiger charge is 2.22. The van der Waals surface area contributed by atoms with Gasteiger partial charge in [0.1, 0.15) is 0 Å². The van der Waals surface area contributed by atoms with E-state index in [1.807, 2.05) is 30.3 Å². The molecule has 0 aliphatic carbocycles. The lowest BCUT2D eigenvalue weighted by Crippen LogP contribution is -1.90. The van der Waals surface area contributed by atoms with Gasteiger partial charge in [0.15, 0.2) is 11.1 Å². The average molecular weight is 208 g/mol. The molecule has 2 nitrogen and oxygen atoms in total. The molecule has 1 aromatic rings. The molecule has 0 N–H and O–H groups in total. The fourth-order valence-corrected chi connectivity index (χ4v) is 2.65. The Balaban J connectivity index is 2.46. The molecule has 3 heteroatoms. The van der Waals surface area contributed by atoms with Crippen LogP contribution in [-0.2, 0) is 15.3 Å². The molecular weight excluding hydrogens is 196 g/mol. The third kappa shape index (κ3) is 1.65. The monoisotopic (exact) mass is 208 g/mol. The van der Waals surface area contributed by atoms with Gasteiger partial charge in [0.25, 0.3) is 0 Å². The van der Waals surface area contributed by atoms with Crippen molar-refractivity contribution in [3.05, 3.63) is 41.5 Å². The third-order valence-electron chi connectivity index (χ3n) is 2.29. The molecule has 1 aliphatic heterocycles. The van der Waals surface area contributed by atoms with E-state index in [-0.39, 0.29) is 0 Å². The van der Waals surface area contributed by atoms with Crippen molar-refractivity contribution < 1.29 is 8.39 Å². The zero-order valence-electron chi connectivity index (χ0n) is 8.03. The lowest BCUT2D eigenvalue weighted by Gasteiger charge is -2.01. The lowest BCUT2D eigenvalue weighted by molar-refractivity contribution is 0.397. The molecular formula is C11H12O2S. The van der Waals surface area contributed by atoms with Crippen molar-refractivity contribution in [2.24, 2.45) is 0 Å². The second-order valence-electron chi connectivity index (χ2n) is 3.15. The van der Waals surface area contributed by atoms with Crippen molar-refractivity contribution >= 4 is 16.0 Å². The standard InChI is InChI=1S/C11H12O2S/c1-2-9-8-13-14(12)11(9)10-6-4-3-5-7-10/h3-7H,2,8H2,1H3. The van der Waals surface area contributed by atoms with Crippen LogP contribution in [0, 0.1) is 0 Å². The molecule has 0 radical (unpaired) electrons. The van der Waals surface area contributed by atoms with Crippen LogP contribution in [-0.4, -0.2) is 10.8 Å². The number of hydrogen-bond donors (Lipinski definition) is 0. The van der Waals surface area contributed by atoms with Gasteiger partial charge in [0.05, 0.1) is 11.5 Å². The van der Waals surface area contributed by atoms with Gasteiger partial charge >= 0.3 is 0 Å². The van der Waals surface area contributed by atoms with Gasteiger partial charge in [-0.1, -0.05) is 37.3 Å². The van der Waals surface area contributed by atoms with E-state index >= 15 is 0 Å². The van der Waals surface area contributed by atoms with Crippen molar-refractivity contribution in [1.29, 1.82) is 0 Å². The molecule has 14 heavy (non-hydrogen) atoms. The Kier molecular flexibility index (Phi) is 2.79. The second-order valence-corrected chi connectivity index (χ2v) is 4.26. The smallest absolute Gasteiger partial charge is 0.190 e. The summed E-state index contributed by atoms with van der Waals surface area (Å²) >= 11 is -1.26. The minimum atomic E-state index is -1.26. The lowest BCUT2D eigenvalue weighted by atomic mass is 10.1. The minimum absolute atomic E-state index is 0.507. The van der Waals surface area contributed by atoms with Crippen LogP contribution < -0.4 is 0 Å². The van der Waals surface area contributed by atoms with Crippen LogP contribution in [0.15, 0.2) is 35.9 Å². The molecule has 2 rings (SSSR count). The van der Waals surface area contributed by atoms with Gasteiger partial charge < -0.3 is 0 Å². The Labute approximate surface area is 86.3 Å². The molecule has 0 amide bonds. The Morgan fingerprint density at radius 2 is 2.07 bits per heavy atom. The Bertz CT molecular complexity index is 382. The van der Waals surface area contributed by atoms with E-state index in [9.17, 15) is 4.21 Å². The Morgan fingerprint density at radius 3 is 2.71 bits per heavy atom. The van der Waals surface area contributed by atoms with Gasteiger partial charge in [0.2, 0.25) is 0 Å². The highest BCUT2D eigenvalue weighted by atomic mass is 32.2. The SMILES string of the molecule is CCC1=C(c2ccccc2)S(=O)OC1. The largest absolute Gasteiger partial charge is 0.282 e. The third-order valence-corrected chi connectivity index (χ3v) is 3.48. The maximum absolute atomic E-state index is 11.6. The van der Waals surface area contributed by atoms with E-state index in [1.165, 1.54) is 0 Å². The maximum atomic E-state index is 11.6. The van der Waals surface area contributed by atoms with E-state index in [1.54, 1.807) is 0 Å². The molecule has 74 valence electrons. The minimum Gasteiger partial charge on any atom is -0.282 e. The van der Waals surface area contributed by atoms with E-state index in [0.29, 0.717) is 6.61 Å². The van der Waals surface area contributed by atoms with Gasteiger partial charge in [-0.05, 0) is 17.6 Å². The summed E-state index contributed by atoms with van der Waals surface area (Å²) in [7, 11) is 0. The fraction of sp³-hybridized carbons (Fsp3) is 0.273. The number of rotatable bonds is 2. The predicted molar refractivity (Wildman–Crippen MR) is 57.7 cm³/mol. The van der Waals surface area contributed by atoms with Gasteiger partial charge in [-0.15, -0.1) is 0 Å². The van der Waals surface area contributed by atoms with Crippen LogP contribution in [0.5, 0.6) is 0 Å². The van der Waals surface area contributed by atoms with Crippen LogP contribution in [0.2, 0.25) is 0 Å². The zero-order valence-corrected chi connectivity index (χ0v) is 8.84. The summed E-state index contributed by atoms with van der Waals surface area (Å²) in [6.45, 7) is 2.57. The van der Waals surface area contributed by atoms with Crippen molar-refractivity contribution in [2.45, 2.75) is 13.3 Å².